The number of ether oxygens (including phenoxy) is 2. The van der Waals surface area contributed by atoms with Crippen molar-refractivity contribution in [2.24, 2.45) is 0 Å². The highest BCUT2D eigenvalue weighted by Gasteiger charge is 2.33. The second-order valence-corrected chi connectivity index (χ2v) is 5.26. The molecule has 1 aromatic carbocycles. The Labute approximate surface area is 119 Å². The normalized spacial score (nSPS) is 10.8. The van der Waals surface area contributed by atoms with Gasteiger partial charge in [-0.1, -0.05) is 0 Å². The molecule has 0 heterocycles. The summed E-state index contributed by atoms with van der Waals surface area (Å²) in [4.78, 5) is 21.2. The van der Waals surface area contributed by atoms with Crippen LogP contribution in [-0.2, 0) is 10.1 Å². The van der Waals surface area contributed by atoms with E-state index >= 15 is 0 Å². The SMILES string of the molecule is COc1cc([N+](=O)[O-])c(C(=O)O)c(OS(C)(=O)=O)c1OC. The molecule has 0 amide bonds. The highest BCUT2D eigenvalue weighted by Crippen LogP contribution is 2.45. The van der Waals surface area contributed by atoms with Gasteiger partial charge in [-0.3, -0.25) is 10.1 Å². The fourth-order valence-electron chi connectivity index (χ4n) is 1.53. The van der Waals surface area contributed by atoms with Crippen molar-refractivity contribution in [1.82, 2.24) is 0 Å². The number of aromatic carboxylic acids is 1. The minimum absolute atomic E-state index is 0.243. The summed E-state index contributed by atoms with van der Waals surface area (Å²) in [5.41, 5.74) is -1.85. The summed E-state index contributed by atoms with van der Waals surface area (Å²) in [6, 6.07) is 0.803. The number of nitro groups is 1. The third kappa shape index (κ3) is 3.51. The molecule has 116 valence electrons. The molecule has 0 spiro atoms. The molecule has 0 atom stereocenters. The molecular formula is C10H11NO9S. The summed E-state index contributed by atoms with van der Waals surface area (Å²) in [6.07, 6.45) is 0.656. The molecule has 1 aromatic rings. The lowest BCUT2D eigenvalue weighted by Crippen LogP contribution is -2.13. The minimum atomic E-state index is -4.15. The Morgan fingerprint density at radius 3 is 2.19 bits per heavy atom. The average molecular weight is 321 g/mol. The summed E-state index contributed by atoms with van der Waals surface area (Å²) >= 11 is 0. The van der Waals surface area contributed by atoms with Crippen LogP contribution in [0.15, 0.2) is 6.07 Å². The van der Waals surface area contributed by atoms with E-state index < -0.39 is 38.0 Å². The van der Waals surface area contributed by atoms with Gasteiger partial charge in [0.25, 0.3) is 5.69 Å². The lowest BCUT2D eigenvalue weighted by atomic mass is 10.1. The Morgan fingerprint density at radius 1 is 1.29 bits per heavy atom. The zero-order valence-electron chi connectivity index (χ0n) is 11.1. The van der Waals surface area contributed by atoms with E-state index in [4.69, 9.17) is 14.6 Å². The van der Waals surface area contributed by atoms with Gasteiger partial charge >= 0.3 is 16.1 Å². The Morgan fingerprint density at radius 2 is 1.86 bits per heavy atom. The van der Waals surface area contributed by atoms with Gasteiger partial charge < -0.3 is 18.8 Å². The molecule has 21 heavy (non-hydrogen) atoms. The number of methoxy groups -OCH3 is 2. The fourth-order valence-corrected chi connectivity index (χ4v) is 1.99. The number of nitrogens with zero attached hydrogens (tertiary/aromatic N) is 1. The van der Waals surface area contributed by atoms with Gasteiger partial charge in [-0.2, -0.15) is 8.42 Å². The first-order valence-electron chi connectivity index (χ1n) is 5.18. The molecule has 0 aliphatic rings. The maximum Gasteiger partial charge on any atom is 0.346 e. The van der Waals surface area contributed by atoms with Crippen LogP contribution in [-0.4, -0.2) is 44.9 Å². The van der Waals surface area contributed by atoms with Crippen molar-refractivity contribution in [3.63, 3.8) is 0 Å². The fraction of sp³-hybridized carbons (Fsp3) is 0.300. The van der Waals surface area contributed by atoms with Crippen molar-refractivity contribution in [3.8, 4) is 17.2 Å². The van der Waals surface area contributed by atoms with Gasteiger partial charge in [0.1, 0.15) is 0 Å². The largest absolute Gasteiger partial charge is 0.492 e. The van der Waals surface area contributed by atoms with E-state index in [0.717, 1.165) is 20.3 Å². The third-order valence-electron chi connectivity index (χ3n) is 2.25. The number of benzene rings is 1. The Bertz CT molecular complexity index is 695. The molecule has 0 saturated heterocycles. The third-order valence-corrected chi connectivity index (χ3v) is 2.72. The van der Waals surface area contributed by atoms with Gasteiger partial charge in [0.15, 0.2) is 11.3 Å². The minimum Gasteiger partial charge on any atom is -0.492 e. The van der Waals surface area contributed by atoms with E-state index in [0.29, 0.717) is 6.26 Å². The zero-order chi connectivity index (χ0) is 16.4. The number of carboxylic acid groups (broad SMARTS) is 1. The van der Waals surface area contributed by atoms with Crippen LogP contribution < -0.4 is 13.7 Å². The van der Waals surface area contributed by atoms with Crippen LogP contribution in [0.2, 0.25) is 0 Å². The van der Waals surface area contributed by atoms with E-state index in [-0.39, 0.29) is 11.5 Å². The van der Waals surface area contributed by atoms with Crippen LogP contribution in [0, 0.1) is 10.1 Å². The van der Waals surface area contributed by atoms with E-state index in [1.165, 1.54) is 0 Å². The predicted octanol–water partition coefficient (Wildman–Crippen LogP) is 0.649. The smallest absolute Gasteiger partial charge is 0.346 e. The number of hydrogen-bond donors (Lipinski definition) is 1. The van der Waals surface area contributed by atoms with Crippen molar-refractivity contribution >= 4 is 21.8 Å². The maximum atomic E-state index is 11.2. The van der Waals surface area contributed by atoms with E-state index in [1.807, 2.05) is 0 Å². The summed E-state index contributed by atoms with van der Waals surface area (Å²) in [5.74, 6) is -3.20. The number of carbonyl (C=O) groups is 1. The van der Waals surface area contributed by atoms with E-state index in [1.54, 1.807) is 0 Å². The molecular weight excluding hydrogens is 310 g/mol. The maximum absolute atomic E-state index is 11.2. The quantitative estimate of drug-likeness (QED) is 0.453. The topological polar surface area (TPSA) is 142 Å². The lowest BCUT2D eigenvalue weighted by Gasteiger charge is -2.14. The molecule has 0 bridgehead atoms. The molecule has 0 fully saturated rings. The summed E-state index contributed by atoms with van der Waals surface area (Å²) in [5, 5.41) is 20.1. The van der Waals surface area contributed by atoms with E-state index in [2.05, 4.69) is 4.18 Å². The predicted molar refractivity (Wildman–Crippen MR) is 68.6 cm³/mol. The molecule has 0 aliphatic carbocycles. The van der Waals surface area contributed by atoms with Gasteiger partial charge in [-0.15, -0.1) is 0 Å². The second-order valence-electron chi connectivity index (χ2n) is 3.69. The van der Waals surface area contributed by atoms with Crippen molar-refractivity contribution < 1.29 is 36.9 Å². The molecule has 11 heteroatoms. The first-order valence-corrected chi connectivity index (χ1v) is 7.00. The summed E-state index contributed by atoms with van der Waals surface area (Å²) in [6.45, 7) is 0. The lowest BCUT2D eigenvalue weighted by molar-refractivity contribution is -0.385. The number of carboxylic acids is 1. The Hall–Kier alpha value is -2.56. The van der Waals surface area contributed by atoms with Gasteiger partial charge in [0, 0.05) is 0 Å². The van der Waals surface area contributed by atoms with Gasteiger partial charge in [-0.25, -0.2) is 4.79 Å². The van der Waals surface area contributed by atoms with Gasteiger partial charge in [-0.05, 0) is 0 Å². The van der Waals surface area contributed by atoms with Crippen LogP contribution in [0.1, 0.15) is 10.4 Å². The van der Waals surface area contributed by atoms with Crippen LogP contribution in [0.4, 0.5) is 5.69 Å². The first kappa shape index (κ1) is 16.5. The molecule has 0 saturated carbocycles. The zero-order valence-corrected chi connectivity index (χ0v) is 12.0. The van der Waals surface area contributed by atoms with Crippen molar-refractivity contribution in [2.75, 3.05) is 20.5 Å². The van der Waals surface area contributed by atoms with Crippen LogP contribution in [0.25, 0.3) is 0 Å². The number of hydrogen-bond acceptors (Lipinski definition) is 8. The van der Waals surface area contributed by atoms with Gasteiger partial charge in [0.05, 0.1) is 31.5 Å². The van der Waals surface area contributed by atoms with Crippen LogP contribution in [0.5, 0.6) is 17.2 Å². The first-order chi connectivity index (χ1) is 9.62. The van der Waals surface area contributed by atoms with Gasteiger partial charge in [0.2, 0.25) is 11.5 Å². The van der Waals surface area contributed by atoms with Crippen molar-refractivity contribution in [3.05, 3.63) is 21.7 Å². The highest BCUT2D eigenvalue weighted by atomic mass is 32.2. The molecule has 10 nitrogen and oxygen atoms in total. The molecule has 0 unspecified atom stereocenters. The Balaban J connectivity index is 3.87. The number of rotatable bonds is 6. The Kier molecular flexibility index (Phi) is 4.58. The standard InChI is InChI=1S/C10H11NO9S/c1-18-6-4-5(11(14)15)7(10(12)13)9(8(6)19-2)20-21(3,16)17/h4H,1-3H3,(H,12,13). The number of nitro benzene ring substituents is 1. The second kappa shape index (κ2) is 5.83. The molecule has 0 radical (unpaired) electrons. The van der Waals surface area contributed by atoms with Crippen LogP contribution >= 0.6 is 0 Å². The molecule has 1 rings (SSSR count). The monoisotopic (exact) mass is 321 g/mol. The average Bonchev–Trinajstić information content (AvgIpc) is 2.34. The molecule has 0 aromatic heterocycles. The molecule has 0 aliphatic heterocycles. The summed E-state index contributed by atoms with van der Waals surface area (Å²) < 4.78 is 36.7. The van der Waals surface area contributed by atoms with Crippen LogP contribution in [0.3, 0.4) is 0 Å². The highest BCUT2D eigenvalue weighted by molar-refractivity contribution is 7.86. The van der Waals surface area contributed by atoms with E-state index in [9.17, 15) is 23.3 Å². The van der Waals surface area contributed by atoms with Crippen molar-refractivity contribution in [2.45, 2.75) is 0 Å². The van der Waals surface area contributed by atoms with Crippen molar-refractivity contribution in [1.29, 1.82) is 0 Å². The summed E-state index contributed by atoms with van der Waals surface area (Å²) in [7, 11) is -1.91. The molecule has 1 N–H and O–H groups in total.